The Hall–Kier alpha value is -1.20. The van der Waals surface area contributed by atoms with Crippen LogP contribution in [0.3, 0.4) is 0 Å². The average Bonchev–Trinajstić information content (AvgIpc) is 2.34. The van der Waals surface area contributed by atoms with E-state index in [1.54, 1.807) is 12.4 Å². The molecule has 0 N–H and O–H groups in total. The molecular weight excluding hydrogens is 298 g/mol. The standard InChI is InChI=1S/C12H10BrN3S/c1-9-4-2-3-5-10(9)8-16-17-12-11(13)14-6-7-15-12/h2-8H,1H3/b16-8+. The molecule has 0 bridgehead atoms. The Balaban J connectivity index is 2.09. The maximum Gasteiger partial charge on any atom is 0.151 e. The van der Waals surface area contributed by atoms with Crippen molar-refractivity contribution in [3.63, 3.8) is 0 Å². The molecule has 1 heterocycles. The maximum atomic E-state index is 4.29. The van der Waals surface area contributed by atoms with Crippen molar-refractivity contribution in [3.8, 4) is 0 Å². The SMILES string of the molecule is Cc1ccccc1/C=N/Sc1nccnc1Br. The molecule has 0 aliphatic rings. The molecule has 0 amide bonds. The quantitative estimate of drug-likeness (QED) is 0.641. The fourth-order valence-electron chi connectivity index (χ4n) is 1.23. The lowest BCUT2D eigenvalue weighted by Crippen LogP contribution is -1.86. The Kier molecular flexibility index (Phi) is 4.28. The van der Waals surface area contributed by atoms with Crippen LogP contribution in [-0.2, 0) is 0 Å². The predicted molar refractivity (Wildman–Crippen MR) is 74.4 cm³/mol. The predicted octanol–water partition coefficient (Wildman–Crippen LogP) is 3.67. The van der Waals surface area contributed by atoms with Gasteiger partial charge in [-0.05, 0) is 34.0 Å². The minimum atomic E-state index is 0.715. The minimum Gasteiger partial charge on any atom is -0.245 e. The third-order valence-electron chi connectivity index (χ3n) is 2.14. The first-order valence-electron chi connectivity index (χ1n) is 5.00. The van der Waals surface area contributed by atoms with Crippen LogP contribution in [0.1, 0.15) is 11.1 Å². The highest BCUT2D eigenvalue weighted by atomic mass is 79.9. The van der Waals surface area contributed by atoms with Crippen molar-refractivity contribution in [1.29, 1.82) is 0 Å². The summed E-state index contributed by atoms with van der Waals surface area (Å²) in [4.78, 5) is 8.25. The topological polar surface area (TPSA) is 38.1 Å². The lowest BCUT2D eigenvalue weighted by molar-refractivity contribution is 1.02. The van der Waals surface area contributed by atoms with Gasteiger partial charge in [0.1, 0.15) is 4.60 Å². The largest absolute Gasteiger partial charge is 0.245 e. The Morgan fingerprint density at radius 3 is 2.76 bits per heavy atom. The van der Waals surface area contributed by atoms with Gasteiger partial charge < -0.3 is 0 Å². The number of halogens is 1. The first kappa shape index (κ1) is 12.3. The molecule has 0 aliphatic heterocycles. The van der Waals surface area contributed by atoms with E-state index in [9.17, 15) is 0 Å². The van der Waals surface area contributed by atoms with E-state index in [0.717, 1.165) is 10.6 Å². The zero-order valence-corrected chi connectivity index (χ0v) is 11.6. The van der Waals surface area contributed by atoms with Crippen molar-refractivity contribution in [2.45, 2.75) is 11.9 Å². The first-order chi connectivity index (χ1) is 8.27. The normalized spacial score (nSPS) is 10.9. The van der Waals surface area contributed by atoms with Gasteiger partial charge in [-0.1, -0.05) is 24.3 Å². The van der Waals surface area contributed by atoms with Crippen LogP contribution >= 0.6 is 27.9 Å². The van der Waals surface area contributed by atoms with Crippen molar-refractivity contribution in [3.05, 3.63) is 52.4 Å². The molecule has 1 aromatic heterocycles. The van der Waals surface area contributed by atoms with Gasteiger partial charge in [0.25, 0.3) is 0 Å². The van der Waals surface area contributed by atoms with Gasteiger partial charge in [0.15, 0.2) is 5.03 Å². The number of aryl methyl sites for hydroxylation is 1. The molecule has 1 aromatic carbocycles. The van der Waals surface area contributed by atoms with Gasteiger partial charge >= 0.3 is 0 Å². The summed E-state index contributed by atoms with van der Waals surface area (Å²) in [5.74, 6) is 0. The number of hydrogen-bond acceptors (Lipinski definition) is 4. The van der Waals surface area contributed by atoms with Crippen LogP contribution < -0.4 is 0 Å². The number of aromatic nitrogens is 2. The van der Waals surface area contributed by atoms with Crippen molar-refractivity contribution in [2.24, 2.45) is 4.40 Å². The minimum absolute atomic E-state index is 0.715. The van der Waals surface area contributed by atoms with Crippen LogP contribution in [0, 0.1) is 6.92 Å². The molecule has 2 rings (SSSR count). The van der Waals surface area contributed by atoms with Crippen LogP contribution in [0.25, 0.3) is 0 Å². The molecule has 0 saturated heterocycles. The Bertz CT molecular complexity index is 543. The summed E-state index contributed by atoms with van der Waals surface area (Å²) in [5, 5.41) is 0.761. The summed E-state index contributed by atoms with van der Waals surface area (Å²) in [6, 6.07) is 8.10. The molecule has 5 heteroatoms. The van der Waals surface area contributed by atoms with Crippen LogP contribution in [0.15, 0.2) is 50.7 Å². The van der Waals surface area contributed by atoms with E-state index in [0.29, 0.717) is 4.60 Å². The lowest BCUT2D eigenvalue weighted by Gasteiger charge is -1.98. The molecule has 2 aromatic rings. The van der Waals surface area contributed by atoms with E-state index in [1.165, 1.54) is 17.5 Å². The highest BCUT2D eigenvalue weighted by Crippen LogP contribution is 2.23. The molecule has 0 radical (unpaired) electrons. The third-order valence-corrected chi connectivity index (χ3v) is 3.67. The number of nitrogens with zero attached hydrogens (tertiary/aromatic N) is 3. The van der Waals surface area contributed by atoms with Crippen molar-refractivity contribution in [2.75, 3.05) is 0 Å². The van der Waals surface area contributed by atoms with E-state index < -0.39 is 0 Å². The summed E-state index contributed by atoms with van der Waals surface area (Å²) in [6.07, 6.45) is 5.12. The summed E-state index contributed by atoms with van der Waals surface area (Å²) in [7, 11) is 0. The Labute approximate surface area is 113 Å². The summed E-state index contributed by atoms with van der Waals surface area (Å²) in [6.45, 7) is 2.06. The van der Waals surface area contributed by atoms with Crippen LogP contribution in [0.2, 0.25) is 0 Å². The van der Waals surface area contributed by atoms with Crippen LogP contribution in [0.4, 0.5) is 0 Å². The fourth-order valence-corrected chi connectivity index (χ4v) is 2.17. The average molecular weight is 308 g/mol. The molecule has 0 spiro atoms. The van der Waals surface area contributed by atoms with Crippen LogP contribution in [0.5, 0.6) is 0 Å². The highest BCUT2D eigenvalue weighted by molar-refractivity contribution is 9.10. The molecule has 0 fully saturated rings. The molecule has 0 unspecified atom stereocenters. The molecule has 3 nitrogen and oxygen atoms in total. The monoisotopic (exact) mass is 307 g/mol. The van der Waals surface area contributed by atoms with Gasteiger partial charge in [0.2, 0.25) is 0 Å². The van der Waals surface area contributed by atoms with Crippen molar-refractivity contribution >= 4 is 34.1 Å². The molecule has 0 atom stereocenters. The number of benzene rings is 1. The summed E-state index contributed by atoms with van der Waals surface area (Å²) >= 11 is 4.63. The third kappa shape index (κ3) is 3.38. The Morgan fingerprint density at radius 1 is 1.24 bits per heavy atom. The second-order valence-corrected chi connectivity index (χ2v) is 4.87. The van der Waals surface area contributed by atoms with Crippen molar-refractivity contribution in [1.82, 2.24) is 9.97 Å². The van der Waals surface area contributed by atoms with E-state index >= 15 is 0 Å². The van der Waals surface area contributed by atoms with E-state index in [2.05, 4.69) is 43.3 Å². The second-order valence-electron chi connectivity index (χ2n) is 3.33. The zero-order chi connectivity index (χ0) is 12.1. The van der Waals surface area contributed by atoms with Crippen molar-refractivity contribution < 1.29 is 0 Å². The molecule has 0 aliphatic carbocycles. The summed E-state index contributed by atoms with van der Waals surface area (Å²) in [5.41, 5.74) is 2.31. The van der Waals surface area contributed by atoms with Gasteiger partial charge in [-0.15, -0.1) is 0 Å². The zero-order valence-electron chi connectivity index (χ0n) is 9.17. The highest BCUT2D eigenvalue weighted by Gasteiger charge is 2.00. The van der Waals surface area contributed by atoms with Gasteiger partial charge in [-0.25, -0.2) is 14.4 Å². The molecule has 17 heavy (non-hydrogen) atoms. The molecular formula is C12H10BrN3S. The number of rotatable bonds is 3. The first-order valence-corrected chi connectivity index (χ1v) is 6.56. The van der Waals surface area contributed by atoms with E-state index in [-0.39, 0.29) is 0 Å². The smallest absolute Gasteiger partial charge is 0.151 e. The van der Waals surface area contributed by atoms with Gasteiger partial charge in [0.05, 0.1) is 0 Å². The second kappa shape index (κ2) is 5.93. The van der Waals surface area contributed by atoms with Gasteiger partial charge in [0, 0.05) is 30.6 Å². The van der Waals surface area contributed by atoms with E-state index in [4.69, 9.17) is 0 Å². The van der Waals surface area contributed by atoms with Gasteiger partial charge in [-0.3, -0.25) is 0 Å². The Morgan fingerprint density at radius 2 is 2.00 bits per heavy atom. The molecule has 0 saturated carbocycles. The van der Waals surface area contributed by atoms with Crippen LogP contribution in [-0.4, -0.2) is 16.2 Å². The van der Waals surface area contributed by atoms with Gasteiger partial charge in [-0.2, -0.15) is 0 Å². The molecule has 86 valence electrons. The maximum absolute atomic E-state index is 4.29. The lowest BCUT2D eigenvalue weighted by atomic mass is 10.1. The number of hydrogen-bond donors (Lipinski definition) is 0. The fraction of sp³-hybridized carbons (Fsp3) is 0.0833. The summed E-state index contributed by atoms with van der Waals surface area (Å²) < 4.78 is 5.01. The van der Waals surface area contributed by atoms with E-state index in [1.807, 2.05) is 24.4 Å².